The summed E-state index contributed by atoms with van der Waals surface area (Å²) in [4.78, 5) is 3.97. The van der Waals surface area contributed by atoms with Gasteiger partial charge in [-0.25, -0.2) is 4.68 Å². The largest absolute Gasteiger partial charge is 0.314 e. The number of hydrogen-bond donors (Lipinski definition) is 1. The molecule has 1 aromatic heterocycles. The highest BCUT2D eigenvalue weighted by molar-refractivity contribution is 6.67. The summed E-state index contributed by atoms with van der Waals surface area (Å²) in [5.41, 5.74) is 0.848. The SMILES string of the molecule is CCn1nnc2c1NC(Cl)=NC2. The fourth-order valence-electron chi connectivity index (χ4n) is 1.10. The normalized spacial score (nSPS) is 15.0. The Bertz CT molecular complexity index is 329. The average molecular weight is 186 g/mol. The van der Waals surface area contributed by atoms with Gasteiger partial charge in [0, 0.05) is 6.54 Å². The van der Waals surface area contributed by atoms with Gasteiger partial charge in [0.1, 0.15) is 5.69 Å². The molecule has 1 aromatic rings. The van der Waals surface area contributed by atoms with E-state index in [1.165, 1.54) is 0 Å². The van der Waals surface area contributed by atoms with Crippen LogP contribution in [0.2, 0.25) is 0 Å². The standard InChI is InChI=1S/C6H8ClN5/c1-2-12-5-4(10-11-12)3-8-6(7)9-5/h2-3H2,1H3,(H,8,9). The van der Waals surface area contributed by atoms with Crippen molar-refractivity contribution >= 4 is 22.7 Å². The number of halogens is 1. The summed E-state index contributed by atoms with van der Waals surface area (Å²) in [7, 11) is 0. The molecule has 0 aromatic carbocycles. The quantitative estimate of drug-likeness (QED) is 0.659. The topological polar surface area (TPSA) is 55.1 Å². The second-order valence-corrected chi connectivity index (χ2v) is 2.79. The fourth-order valence-corrected chi connectivity index (χ4v) is 1.24. The molecule has 0 saturated carbocycles. The van der Waals surface area contributed by atoms with Gasteiger partial charge in [-0.3, -0.25) is 4.99 Å². The summed E-state index contributed by atoms with van der Waals surface area (Å²) < 4.78 is 1.76. The van der Waals surface area contributed by atoms with Crippen molar-refractivity contribution in [3.05, 3.63) is 5.69 Å². The third-order valence-corrected chi connectivity index (χ3v) is 1.91. The van der Waals surface area contributed by atoms with E-state index in [0.717, 1.165) is 18.1 Å². The summed E-state index contributed by atoms with van der Waals surface area (Å²) in [5, 5.41) is 11.2. The summed E-state index contributed by atoms with van der Waals surface area (Å²) >= 11 is 5.70. The second kappa shape index (κ2) is 2.75. The van der Waals surface area contributed by atoms with E-state index in [0.29, 0.717) is 11.8 Å². The number of rotatable bonds is 1. The first-order valence-corrected chi connectivity index (χ1v) is 4.08. The zero-order valence-corrected chi connectivity index (χ0v) is 7.34. The van der Waals surface area contributed by atoms with Crippen molar-refractivity contribution in [2.75, 3.05) is 5.32 Å². The molecule has 0 amide bonds. The first-order valence-electron chi connectivity index (χ1n) is 3.70. The lowest BCUT2D eigenvalue weighted by atomic mass is 10.4. The lowest BCUT2D eigenvalue weighted by Gasteiger charge is -2.10. The minimum atomic E-state index is 0.402. The molecule has 1 aliphatic heterocycles. The van der Waals surface area contributed by atoms with Gasteiger partial charge in [0.25, 0.3) is 0 Å². The van der Waals surface area contributed by atoms with E-state index in [1.54, 1.807) is 4.68 Å². The number of aliphatic imine (C=N–C) groups is 1. The van der Waals surface area contributed by atoms with Gasteiger partial charge in [-0.2, -0.15) is 0 Å². The van der Waals surface area contributed by atoms with Gasteiger partial charge in [-0.1, -0.05) is 5.21 Å². The van der Waals surface area contributed by atoms with Crippen LogP contribution in [0.5, 0.6) is 0 Å². The Hall–Kier alpha value is -1.10. The van der Waals surface area contributed by atoms with Crippen LogP contribution in [-0.2, 0) is 13.1 Å². The molecule has 64 valence electrons. The van der Waals surface area contributed by atoms with E-state index in [9.17, 15) is 0 Å². The molecular formula is C6H8ClN5. The summed E-state index contributed by atoms with van der Waals surface area (Å²) in [6.45, 7) is 3.29. The Morgan fingerprint density at radius 1 is 1.67 bits per heavy atom. The molecule has 1 aliphatic rings. The van der Waals surface area contributed by atoms with Gasteiger partial charge in [0.05, 0.1) is 6.54 Å². The van der Waals surface area contributed by atoms with Crippen molar-refractivity contribution in [1.29, 1.82) is 0 Å². The van der Waals surface area contributed by atoms with E-state index in [4.69, 9.17) is 11.6 Å². The van der Waals surface area contributed by atoms with E-state index in [2.05, 4.69) is 20.6 Å². The number of hydrogen-bond acceptors (Lipinski definition) is 4. The predicted molar refractivity (Wildman–Crippen MR) is 46.3 cm³/mol. The Labute approximate surface area is 74.4 Å². The number of nitrogens with one attached hydrogen (secondary N) is 1. The van der Waals surface area contributed by atoms with Crippen molar-refractivity contribution in [2.24, 2.45) is 4.99 Å². The van der Waals surface area contributed by atoms with Gasteiger partial charge < -0.3 is 5.32 Å². The minimum Gasteiger partial charge on any atom is -0.314 e. The molecule has 2 heterocycles. The maximum Gasteiger partial charge on any atom is 0.197 e. The Morgan fingerprint density at radius 2 is 2.50 bits per heavy atom. The molecule has 6 heteroatoms. The predicted octanol–water partition coefficient (Wildman–Crippen LogP) is 0.818. The number of aryl methyl sites for hydroxylation is 1. The Balaban J connectivity index is 2.39. The molecule has 0 radical (unpaired) electrons. The molecule has 0 fully saturated rings. The van der Waals surface area contributed by atoms with E-state index in [1.807, 2.05) is 6.92 Å². The highest BCUT2D eigenvalue weighted by Crippen LogP contribution is 2.18. The van der Waals surface area contributed by atoms with Crippen LogP contribution in [0.4, 0.5) is 5.82 Å². The van der Waals surface area contributed by atoms with Crippen LogP contribution in [-0.4, -0.2) is 20.3 Å². The number of fused-ring (bicyclic) bond motifs is 1. The van der Waals surface area contributed by atoms with Crippen LogP contribution in [0.25, 0.3) is 0 Å². The molecule has 2 rings (SSSR count). The van der Waals surface area contributed by atoms with Gasteiger partial charge >= 0.3 is 0 Å². The second-order valence-electron chi connectivity index (χ2n) is 2.43. The van der Waals surface area contributed by atoms with Crippen LogP contribution in [0.1, 0.15) is 12.6 Å². The zero-order valence-electron chi connectivity index (χ0n) is 6.58. The number of anilines is 1. The smallest absolute Gasteiger partial charge is 0.197 e. The molecule has 0 atom stereocenters. The molecule has 0 unspecified atom stereocenters. The first kappa shape index (κ1) is 7.54. The van der Waals surface area contributed by atoms with Crippen LogP contribution in [0, 0.1) is 0 Å². The van der Waals surface area contributed by atoms with Gasteiger partial charge in [-0.15, -0.1) is 5.10 Å². The molecule has 0 spiro atoms. The van der Waals surface area contributed by atoms with Gasteiger partial charge in [-0.05, 0) is 18.5 Å². The fraction of sp³-hybridized carbons (Fsp3) is 0.500. The average Bonchev–Trinajstić information content (AvgIpc) is 2.46. The third-order valence-electron chi connectivity index (χ3n) is 1.69. The highest BCUT2D eigenvalue weighted by Gasteiger charge is 2.16. The van der Waals surface area contributed by atoms with Crippen LogP contribution < -0.4 is 5.32 Å². The molecule has 1 N–H and O–H groups in total. The molecule has 12 heavy (non-hydrogen) atoms. The number of amidine groups is 1. The van der Waals surface area contributed by atoms with Crippen molar-refractivity contribution < 1.29 is 0 Å². The maximum absolute atomic E-state index is 5.70. The van der Waals surface area contributed by atoms with E-state index >= 15 is 0 Å². The summed E-state index contributed by atoms with van der Waals surface area (Å²) in [6, 6.07) is 0. The maximum atomic E-state index is 5.70. The van der Waals surface area contributed by atoms with Crippen molar-refractivity contribution in [2.45, 2.75) is 20.0 Å². The molecule has 5 nitrogen and oxygen atoms in total. The van der Waals surface area contributed by atoms with Crippen molar-refractivity contribution in [3.63, 3.8) is 0 Å². The van der Waals surface area contributed by atoms with E-state index < -0.39 is 0 Å². The van der Waals surface area contributed by atoms with Gasteiger partial charge in [0.15, 0.2) is 11.1 Å². The van der Waals surface area contributed by atoms with E-state index in [-0.39, 0.29) is 0 Å². The number of nitrogens with zero attached hydrogens (tertiary/aromatic N) is 4. The molecule has 0 saturated heterocycles. The zero-order chi connectivity index (χ0) is 8.55. The molecular weight excluding hydrogens is 178 g/mol. The highest BCUT2D eigenvalue weighted by atomic mass is 35.5. The molecule has 0 aliphatic carbocycles. The number of aromatic nitrogens is 3. The lowest BCUT2D eigenvalue weighted by Crippen LogP contribution is -2.15. The van der Waals surface area contributed by atoms with Crippen LogP contribution in [0.15, 0.2) is 4.99 Å². The monoisotopic (exact) mass is 185 g/mol. The van der Waals surface area contributed by atoms with Gasteiger partial charge in [0.2, 0.25) is 0 Å². The Kier molecular flexibility index (Phi) is 1.73. The minimum absolute atomic E-state index is 0.402. The van der Waals surface area contributed by atoms with Crippen LogP contribution in [0.3, 0.4) is 0 Å². The van der Waals surface area contributed by atoms with Crippen LogP contribution >= 0.6 is 11.6 Å². The lowest BCUT2D eigenvalue weighted by molar-refractivity contribution is 0.634. The summed E-state index contributed by atoms with van der Waals surface area (Å²) in [5.74, 6) is 0.859. The van der Waals surface area contributed by atoms with Crippen molar-refractivity contribution in [1.82, 2.24) is 15.0 Å². The third kappa shape index (κ3) is 1.06. The first-order chi connectivity index (χ1) is 5.81. The summed E-state index contributed by atoms with van der Waals surface area (Å²) in [6.07, 6.45) is 0. The molecule has 0 bridgehead atoms. The van der Waals surface area contributed by atoms with Crippen molar-refractivity contribution in [3.8, 4) is 0 Å². The Morgan fingerprint density at radius 3 is 3.25 bits per heavy atom.